The zero-order valence-electron chi connectivity index (χ0n) is 14.4. The van der Waals surface area contributed by atoms with E-state index in [2.05, 4.69) is 10.6 Å². The molecule has 1 heterocycles. The number of ether oxygens (including phenoxy) is 1. The van der Waals surface area contributed by atoms with Crippen molar-refractivity contribution in [2.24, 2.45) is 0 Å². The van der Waals surface area contributed by atoms with Crippen molar-refractivity contribution in [1.29, 1.82) is 0 Å². The fourth-order valence-electron chi connectivity index (χ4n) is 2.53. The van der Waals surface area contributed by atoms with Crippen molar-refractivity contribution >= 4 is 29.6 Å². The fraction of sp³-hybridized carbons (Fsp3) is 0.105. The zero-order chi connectivity index (χ0) is 19.4. The summed E-state index contributed by atoms with van der Waals surface area (Å²) in [6, 6.07) is 11.4. The van der Waals surface area contributed by atoms with E-state index in [9.17, 15) is 18.8 Å². The smallest absolute Gasteiger partial charge is 0.329 e. The van der Waals surface area contributed by atoms with Crippen LogP contribution in [0, 0.1) is 5.82 Å². The first kappa shape index (κ1) is 18.1. The molecule has 0 saturated carbocycles. The quantitative estimate of drug-likeness (QED) is 0.626. The number of nitrogens with zero attached hydrogens (tertiary/aromatic N) is 1. The van der Waals surface area contributed by atoms with Gasteiger partial charge >= 0.3 is 6.03 Å². The number of anilines is 1. The Bertz CT molecular complexity index is 925. The molecule has 2 aromatic carbocycles. The van der Waals surface area contributed by atoms with Crippen LogP contribution in [0.5, 0.6) is 5.75 Å². The zero-order valence-corrected chi connectivity index (χ0v) is 14.4. The standard InChI is InChI=1S/C19H16FN3O4/c1-27-16-5-3-2-4-12(16)10-15-18(25)23(19(26)22-15)11-17(24)21-14-8-6-13(20)7-9-14/h2-10H,11H2,1H3,(H,21,24)(H,22,26)/b15-10-. The number of urea groups is 1. The van der Waals surface area contributed by atoms with E-state index in [-0.39, 0.29) is 5.70 Å². The van der Waals surface area contributed by atoms with E-state index < -0.39 is 30.2 Å². The van der Waals surface area contributed by atoms with Crippen LogP contribution in [0.15, 0.2) is 54.2 Å². The van der Waals surface area contributed by atoms with E-state index in [0.29, 0.717) is 17.0 Å². The molecular formula is C19H16FN3O4. The number of methoxy groups -OCH3 is 1. The number of halogens is 1. The maximum Gasteiger partial charge on any atom is 0.329 e. The van der Waals surface area contributed by atoms with Crippen molar-refractivity contribution in [2.75, 3.05) is 19.0 Å². The van der Waals surface area contributed by atoms with E-state index in [1.807, 2.05) is 0 Å². The first-order valence-electron chi connectivity index (χ1n) is 8.01. The van der Waals surface area contributed by atoms with Gasteiger partial charge in [0.05, 0.1) is 7.11 Å². The molecule has 1 saturated heterocycles. The summed E-state index contributed by atoms with van der Waals surface area (Å²) in [6.45, 7) is -0.467. The van der Waals surface area contributed by atoms with Crippen LogP contribution in [0.25, 0.3) is 6.08 Å². The van der Waals surface area contributed by atoms with E-state index in [1.165, 1.54) is 37.5 Å². The lowest BCUT2D eigenvalue weighted by Gasteiger charge is -2.12. The molecule has 0 aliphatic carbocycles. The Morgan fingerprint density at radius 1 is 1.19 bits per heavy atom. The largest absolute Gasteiger partial charge is 0.496 e. The van der Waals surface area contributed by atoms with Crippen molar-refractivity contribution in [3.63, 3.8) is 0 Å². The van der Waals surface area contributed by atoms with Crippen molar-refractivity contribution in [1.82, 2.24) is 10.2 Å². The Kier molecular flexibility index (Phi) is 5.16. The number of carbonyl (C=O) groups excluding carboxylic acids is 3. The van der Waals surface area contributed by atoms with Crippen LogP contribution in [0.3, 0.4) is 0 Å². The van der Waals surface area contributed by atoms with Crippen molar-refractivity contribution in [3.05, 3.63) is 65.6 Å². The first-order valence-corrected chi connectivity index (χ1v) is 8.01. The third-order valence-electron chi connectivity index (χ3n) is 3.83. The highest BCUT2D eigenvalue weighted by Crippen LogP contribution is 2.22. The predicted molar refractivity (Wildman–Crippen MR) is 96.2 cm³/mol. The molecular weight excluding hydrogens is 353 g/mol. The predicted octanol–water partition coefficient (Wildman–Crippen LogP) is 2.37. The summed E-state index contributed by atoms with van der Waals surface area (Å²) < 4.78 is 18.1. The summed E-state index contributed by atoms with van der Waals surface area (Å²) in [6.07, 6.45) is 1.48. The molecule has 0 radical (unpaired) electrons. The fourth-order valence-corrected chi connectivity index (χ4v) is 2.53. The van der Waals surface area contributed by atoms with Gasteiger partial charge in [-0.2, -0.15) is 0 Å². The summed E-state index contributed by atoms with van der Waals surface area (Å²) in [5.41, 5.74) is 1.01. The van der Waals surface area contributed by atoms with Crippen molar-refractivity contribution < 1.29 is 23.5 Å². The van der Waals surface area contributed by atoms with Gasteiger partial charge in [0.25, 0.3) is 5.91 Å². The minimum atomic E-state index is -0.699. The topological polar surface area (TPSA) is 87.7 Å². The lowest BCUT2D eigenvalue weighted by Crippen LogP contribution is -2.38. The van der Waals surface area contributed by atoms with Gasteiger partial charge in [-0.25, -0.2) is 14.1 Å². The highest BCUT2D eigenvalue weighted by Gasteiger charge is 2.35. The van der Waals surface area contributed by atoms with E-state index in [0.717, 1.165) is 4.90 Å². The molecule has 0 atom stereocenters. The molecule has 8 heteroatoms. The summed E-state index contributed by atoms with van der Waals surface area (Å²) in [4.78, 5) is 37.4. The van der Waals surface area contributed by atoms with Gasteiger partial charge in [0.1, 0.15) is 23.8 Å². The number of hydrogen-bond donors (Lipinski definition) is 2. The number of carbonyl (C=O) groups is 3. The third-order valence-corrected chi connectivity index (χ3v) is 3.83. The van der Waals surface area contributed by atoms with Crippen LogP contribution >= 0.6 is 0 Å². The number of nitrogens with one attached hydrogen (secondary N) is 2. The van der Waals surface area contributed by atoms with Crippen LogP contribution in [-0.4, -0.2) is 36.4 Å². The molecule has 138 valence electrons. The molecule has 1 aliphatic rings. The third kappa shape index (κ3) is 4.12. The highest BCUT2D eigenvalue weighted by atomic mass is 19.1. The monoisotopic (exact) mass is 369 g/mol. The highest BCUT2D eigenvalue weighted by molar-refractivity contribution is 6.16. The normalized spacial score (nSPS) is 15.0. The van der Waals surface area contributed by atoms with Gasteiger partial charge in [-0.3, -0.25) is 9.59 Å². The summed E-state index contributed by atoms with van der Waals surface area (Å²) >= 11 is 0. The summed E-state index contributed by atoms with van der Waals surface area (Å²) in [5.74, 6) is -1.10. The molecule has 0 unspecified atom stereocenters. The van der Waals surface area contributed by atoms with Gasteiger partial charge < -0.3 is 15.4 Å². The van der Waals surface area contributed by atoms with E-state index >= 15 is 0 Å². The van der Waals surface area contributed by atoms with Gasteiger partial charge in [-0.05, 0) is 36.4 Å². The van der Waals surface area contributed by atoms with Gasteiger partial charge in [0, 0.05) is 11.3 Å². The molecule has 0 aromatic heterocycles. The molecule has 1 fully saturated rings. The van der Waals surface area contributed by atoms with Crippen LogP contribution in [0.4, 0.5) is 14.9 Å². The molecule has 2 aromatic rings. The van der Waals surface area contributed by atoms with Crippen molar-refractivity contribution in [3.8, 4) is 5.75 Å². The number of benzene rings is 2. The number of amides is 4. The molecule has 2 N–H and O–H groups in total. The molecule has 0 bridgehead atoms. The molecule has 1 aliphatic heterocycles. The van der Waals surface area contributed by atoms with Crippen LogP contribution in [-0.2, 0) is 9.59 Å². The maximum absolute atomic E-state index is 12.9. The number of para-hydroxylation sites is 1. The maximum atomic E-state index is 12.9. The molecule has 7 nitrogen and oxygen atoms in total. The lowest BCUT2D eigenvalue weighted by molar-refractivity contribution is -0.127. The Balaban J connectivity index is 1.71. The molecule has 3 rings (SSSR count). The van der Waals surface area contributed by atoms with Gasteiger partial charge in [0.15, 0.2) is 0 Å². The van der Waals surface area contributed by atoms with Crippen LogP contribution < -0.4 is 15.4 Å². The molecule has 0 spiro atoms. The van der Waals surface area contributed by atoms with Crippen molar-refractivity contribution in [2.45, 2.75) is 0 Å². The Labute approximate surface area is 154 Å². The van der Waals surface area contributed by atoms with E-state index in [1.54, 1.807) is 24.3 Å². The minimum absolute atomic E-state index is 0.0408. The van der Waals surface area contributed by atoms with Gasteiger partial charge in [-0.15, -0.1) is 0 Å². The lowest BCUT2D eigenvalue weighted by atomic mass is 10.1. The molecule has 4 amide bonds. The average molecular weight is 369 g/mol. The average Bonchev–Trinajstić information content (AvgIpc) is 2.91. The first-order chi connectivity index (χ1) is 13.0. The number of rotatable bonds is 5. The second-order valence-electron chi connectivity index (χ2n) is 5.68. The van der Waals surface area contributed by atoms with Gasteiger partial charge in [-0.1, -0.05) is 18.2 Å². The second-order valence-corrected chi connectivity index (χ2v) is 5.68. The Hall–Kier alpha value is -3.68. The minimum Gasteiger partial charge on any atom is -0.496 e. The summed E-state index contributed by atoms with van der Waals surface area (Å²) in [7, 11) is 1.50. The number of hydrogen-bond acceptors (Lipinski definition) is 4. The second kappa shape index (κ2) is 7.69. The van der Waals surface area contributed by atoms with Crippen LogP contribution in [0.2, 0.25) is 0 Å². The molecule has 27 heavy (non-hydrogen) atoms. The van der Waals surface area contributed by atoms with Crippen LogP contribution in [0.1, 0.15) is 5.56 Å². The summed E-state index contributed by atoms with van der Waals surface area (Å²) in [5, 5.41) is 4.94. The van der Waals surface area contributed by atoms with E-state index in [4.69, 9.17) is 4.74 Å². The van der Waals surface area contributed by atoms with Gasteiger partial charge in [0.2, 0.25) is 5.91 Å². The Morgan fingerprint density at radius 3 is 2.59 bits per heavy atom. The number of imide groups is 1. The SMILES string of the molecule is COc1ccccc1/C=C1\NC(=O)N(CC(=O)Nc2ccc(F)cc2)C1=O. The Morgan fingerprint density at radius 2 is 1.89 bits per heavy atom.